The van der Waals surface area contributed by atoms with E-state index in [1.807, 2.05) is 42.5 Å². The molecule has 6 nitrogen and oxygen atoms in total. The molecule has 1 amide bonds. The van der Waals surface area contributed by atoms with Crippen molar-refractivity contribution in [2.24, 2.45) is 0 Å². The van der Waals surface area contributed by atoms with Gasteiger partial charge in [-0.2, -0.15) is 5.10 Å². The highest BCUT2D eigenvalue weighted by atomic mass is 16.3. The summed E-state index contributed by atoms with van der Waals surface area (Å²) >= 11 is 0. The van der Waals surface area contributed by atoms with Gasteiger partial charge in [0.15, 0.2) is 17.9 Å². The largest absolute Gasteiger partial charge is 0.453 e. The number of furan rings is 1. The number of nitrogens with zero attached hydrogens (tertiary/aromatic N) is 1. The van der Waals surface area contributed by atoms with Gasteiger partial charge in [0.2, 0.25) is 0 Å². The van der Waals surface area contributed by atoms with Crippen LogP contribution in [-0.2, 0) is 6.42 Å². The number of hydrogen-bond donors (Lipinski definition) is 2. The van der Waals surface area contributed by atoms with Crippen molar-refractivity contribution in [3.63, 3.8) is 0 Å². The lowest BCUT2D eigenvalue weighted by atomic mass is 10.1. The SMILES string of the molecule is CCCCCc1ccc(C(=O)Nc2n[nH]c3ccc(-c4ccc(C=O)o4)cc23)cc1. The van der Waals surface area contributed by atoms with E-state index in [2.05, 4.69) is 22.4 Å². The summed E-state index contributed by atoms with van der Waals surface area (Å²) in [6.45, 7) is 2.19. The predicted molar refractivity (Wildman–Crippen MR) is 117 cm³/mol. The summed E-state index contributed by atoms with van der Waals surface area (Å²) in [6.07, 6.45) is 5.26. The number of aromatic nitrogens is 2. The fourth-order valence-corrected chi connectivity index (χ4v) is 3.42. The Balaban J connectivity index is 1.52. The number of nitrogens with one attached hydrogen (secondary N) is 2. The van der Waals surface area contributed by atoms with Crippen LogP contribution in [0, 0.1) is 0 Å². The molecule has 0 radical (unpaired) electrons. The van der Waals surface area contributed by atoms with Gasteiger partial charge in [-0.15, -0.1) is 0 Å². The first-order chi connectivity index (χ1) is 14.7. The Morgan fingerprint density at radius 1 is 1.10 bits per heavy atom. The van der Waals surface area contributed by atoms with E-state index < -0.39 is 0 Å². The average Bonchev–Trinajstić information content (AvgIpc) is 3.41. The van der Waals surface area contributed by atoms with Crippen molar-refractivity contribution in [3.05, 3.63) is 71.5 Å². The number of rotatable bonds is 8. The minimum Gasteiger partial charge on any atom is -0.453 e. The molecule has 0 fully saturated rings. The topological polar surface area (TPSA) is 88.0 Å². The average molecular weight is 401 g/mol. The lowest BCUT2D eigenvalue weighted by Crippen LogP contribution is -2.12. The zero-order valence-electron chi connectivity index (χ0n) is 16.8. The van der Waals surface area contributed by atoms with E-state index in [1.54, 1.807) is 12.1 Å². The Morgan fingerprint density at radius 3 is 2.67 bits per heavy atom. The Hall–Kier alpha value is -3.67. The third-order valence-electron chi connectivity index (χ3n) is 5.11. The summed E-state index contributed by atoms with van der Waals surface area (Å²) in [5, 5.41) is 10.8. The van der Waals surface area contributed by atoms with Crippen molar-refractivity contribution >= 4 is 28.9 Å². The minimum atomic E-state index is -0.213. The smallest absolute Gasteiger partial charge is 0.256 e. The molecule has 4 aromatic rings. The fraction of sp³-hybridized carbons (Fsp3) is 0.208. The molecule has 2 N–H and O–H groups in total. The van der Waals surface area contributed by atoms with E-state index in [0.717, 1.165) is 29.3 Å². The van der Waals surface area contributed by atoms with Gasteiger partial charge in [0.1, 0.15) is 5.76 Å². The second kappa shape index (κ2) is 8.78. The minimum absolute atomic E-state index is 0.213. The number of carbonyl (C=O) groups excluding carboxylic acids is 2. The molecule has 0 aliphatic carbocycles. The van der Waals surface area contributed by atoms with Gasteiger partial charge in [-0.1, -0.05) is 31.9 Å². The first-order valence-corrected chi connectivity index (χ1v) is 10.1. The highest BCUT2D eigenvalue weighted by Gasteiger charge is 2.13. The van der Waals surface area contributed by atoms with Gasteiger partial charge < -0.3 is 9.73 Å². The van der Waals surface area contributed by atoms with Crippen molar-refractivity contribution in [1.82, 2.24) is 10.2 Å². The van der Waals surface area contributed by atoms with E-state index in [-0.39, 0.29) is 11.7 Å². The van der Waals surface area contributed by atoms with Crippen molar-refractivity contribution in [2.45, 2.75) is 32.6 Å². The highest BCUT2D eigenvalue weighted by molar-refractivity contribution is 6.08. The second-order valence-electron chi connectivity index (χ2n) is 7.26. The van der Waals surface area contributed by atoms with Crippen LogP contribution in [0.25, 0.3) is 22.2 Å². The Morgan fingerprint density at radius 2 is 1.93 bits per heavy atom. The first kappa shape index (κ1) is 19.6. The molecule has 30 heavy (non-hydrogen) atoms. The van der Waals surface area contributed by atoms with Gasteiger partial charge in [0.05, 0.1) is 5.52 Å². The van der Waals surface area contributed by atoms with Crippen LogP contribution in [0.1, 0.15) is 52.7 Å². The summed E-state index contributed by atoms with van der Waals surface area (Å²) in [7, 11) is 0. The number of hydrogen-bond acceptors (Lipinski definition) is 4. The molecule has 2 aromatic carbocycles. The van der Waals surface area contributed by atoms with Crippen molar-refractivity contribution in [3.8, 4) is 11.3 Å². The van der Waals surface area contributed by atoms with Gasteiger partial charge in [0, 0.05) is 16.5 Å². The third-order valence-corrected chi connectivity index (χ3v) is 5.11. The fourth-order valence-electron chi connectivity index (χ4n) is 3.42. The maximum atomic E-state index is 12.7. The zero-order chi connectivity index (χ0) is 20.9. The number of aromatic amines is 1. The van der Waals surface area contributed by atoms with Crippen LogP contribution in [0.5, 0.6) is 0 Å². The lowest BCUT2D eigenvalue weighted by Gasteiger charge is -2.05. The lowest BCUT2D eigenvalue weighted by molar-refractivity contribution is 0.102. The van der Waals surface area contributed by atoms with Crippen LogP contribution >= 0.6 is 0 Å². The summed E-state index contributed by atoms with van der Waals surface area (Å²) in [5.41, 5.74) is 3.41. The van der Waals surface area contributed by atoms with Crippen LogP contribution in [0.2, 0.25) is 0 Å². The maximum absolute atomic E-state index is 12.7. The number of aldehydes is 1. The summed E-state index contributed by atoms with van der Waals surface area (Å²) < 4.78 is 5.49. The highest BCUT2D eigenvalue weighted by Crippen LogP contribution is 2.28. The van der Waals surface area contributed by atoms with Crippen molar-refractivity contribution < 1.29 is 14.0 Å². The molecule has 0 spiro atoms. The maximum Gasteiger partial charge on any atom is 0.256 e. The van der Waals surface area contributed by atoms with Crippen LogP contribution in [0.15, 0.2) is 59.0 Å². The predicted octanol–water partition coefficient (Wildman–Crippen LogP) is 5.62. The summed E-state index contributed by atoms with van der Waals surface area (Å²) in [4.78, 5) is 23.6. The van der Waals surface area contributed by atoms with Crippen LogP contribution in [0.4, 0.5) is 5.82 Å². The van der Waals surface area contributed by atoms with E-state index in [4.69, 9.17) is 4.42 Å². The Labute approximate surface area is 174 Å². The summed E-state index contributed by atoms with van der Waals surface area (Å²) in [6, 6.07) is 16.7. The van der Waals surface area contributed by atoms with Crippen molar-refractivity contribution in [2.75, 3.05) is 5.32 Å². The molecular formula is C24H23N3O3. The Bertz CT molecular complexity index is 1170. The van der Waals surface area contributed by atoms with Crippen LogP contribution < -0.4 is 5.32 Å². The summed E-state index contributed by atoms with van der Waals surface area (Å²) in [5.74, 6) is 1.08. The normalized spacial score (nSPS) is 11.0. The quantitative estimate of drug-likeness (QED) is 0.296. The molecule has 4 rings (SSSR count). The number of fused-ring (bicyclic) bond motifs is 1. The van der Waals surface area contributed by atoms with Gasteiger partial charge in [-0.3, -0.25) is 14.7 Å². The molecule has 6 heteroatoms. The molecule has 2 heterocycles. The molecular weight excluding hydrogens is 378 g/mol. The molecule has 0 unspecified atom stereocenters. The number of aryl methyl sites for hydroxylation is 1. The van der Waals surface area contributed by atoms with Gasteiger partial charge in [-0.25, -0.2) is 0 Å². The zero-order valence-corrected chi connectivity index (χ0v) is 16.8. The van der Waals surface area contributed by atoms with Gasteiger partial charge in [0.25, 0.3) is 5.91 Å². The van der Waals surface area contributed by atoms with Crippen LogP contribution in [0.3, 0.4) is 0 Å². The number of benzene rings is 2. The molecule has 152 valence electrons. The van der Waals surface area contributed by atoms with E-state index in [9.17, 15) is 9.59 Å². The molecule has 0 saturated carbocycles. The number of unbranched alkanes of at least 4 members (excludes halogenated alkanes) is 2. The first-order valence-electron chi connectivity index (χ1n) is 10.1. The molecule has 0 aliphatic rings. The number of anilines is 1. The number of carbonyl (C=O) groups is 2. The molecule has 2 aromatic heterocycles. The third kappa shape index (κ3) is 4.17. The van der Waals surface area contributed by atoms with Crippen LogP contribution in [-0.4, -0.2) is 22.4 Å². The molecule has 0 saturated heterocycles. The van der Waals surface area contributed by atoms with E-state index in [0.29, 0.717) is 23.4 Å². The van der Waals surface area contributed by atoms with E-state index in [1.165, 1.54) is 18.4 Å². The second-order valence-corrected chi connectivity index (χ2v) is 7.26. The van der Waals surface area contributed by atoms with E-state index >= 15 is 0 Å². The number of H-pyrrole nitrogens is 1. The van der Waals surface area contributed by atoms with Crippen molar-refractivity contribution in [1.29, 1.82) is 0 Å². The van der Waals surface area contributed by atoms with Gasteiger partial charge in [-0.05, 0) is 60.9 Å². The molecule has 0 atom stereocenters. The molecule has 0 bridgehead atoms. The number of amides is 1. The monoisotopic (exact) mass is 401 g/mol. The van der Waals surface area contributed by atoms with Gasteiger partial charge >= 0.3 is 0 Å². The molecule has 0 aliphatic heterocycles. The Kier molecular flexibility index (Phi) is 5.75. The standard InChI is InChI=1S/C24H23N3O3/c1-2-3-4-5-16-6-8-17(9-7-16)24(29)25-23-20-14-18(10-12-21(20)26-27-23)22-13-11-19(15-28)30-22/h6-15H,2-5H2,1H3,(H2,25,26,27,29).